The second-order valence-corrected chi connectivity index (χ2v) is 6.11. The van der Waals surface area contributed by atoms with Crippen LogP contribution in [0.25, 0.3) is 17.0 Å². The van der Waals surface area contributed by atoms with Crippen molar-refractivity contribution in [2.24, 2.45) is 0 Å². The van der Waals surface area contributed by atoms with Gasteiger partial charge in [0, 0.05) is 29.5 Å². The number of aromatic nitrogens is 3. The molecule has 1 aromatic carbocycles. The molecule has 3 aromatic heterocycles. The van der Waals surface area contributed by atoms with Crippen LogP contribution in [0.2, 0.25) is 0 Å². The fourth-order valence-corrected chi connectivity index (χ4v) is 3.16. The number of benzene rings is 1. The summed E-state index contributed by atoms with van der Waals surface area (Å²) in [5.41, 5.74) is 2.86. The molecule has 0 radical (unpaired) electrons. The van der Waals surface area contributed by atoms with Gasteiger partial charge >= 0.3 is 0 Å². The van der Waals surface area contributed by atoms with Crippen LogP contribution in [0.15, 0.2) is 59.7 Å². The van der Waals surface area contributed by atoms with Crippen molar-refractivity contribution < 1.29 is 9.53 Å². The molecular formula is C18H14N4O2S. The fourth-order valence-electron chi connectivity index (χ4n) is 2.52. The highest BCUT2D eigenvalue weighted by molar-refractivity contribution is 7.08. The molecule has 0 unspecified atom stereocenters. The predicted molar refractivity (Wildman–Crippen MR) is 97.2 cm³/mol. The van der Waals surface area contributed by atoms with E-state index in [-0.39, 0.29) is 5.91 Å². The first-order valence-electron chi connectivity index (χ1n) is 7.56. The molecule has 0 aliphatic carbocycles. The second kappa shape index (κ2) is 6.37. The molecule has 1 N–H and O–H groups in total. The third-order valence-corrected chi connectivity index (χ3v) is 4.45. The normalized spacial score (nSPS) is 10.8. The maximum absolute atomic E-state index is 12.3. The molecule has 0 saturated carbocycles. The van der Waals surface area contributed by atoms with E-state index in [9.17, 15) is 4.79 Å². The summed E-state index contributed by atoms with van der Waals surface area (Å²) in [5.74, 6) is 1.04. The molecular weight excluding hydrogens is 336 g/mol. The van der Waals surface area contributed by atoms with E-state index in [1.807, 2.05) is 46.4 Å². The average Bonchev–Trinajstić information content (AvgIpc) is 3.31. The second-order valence-electron chi connectivity index (χ2n) is 5.33. The number of nitrogens with one attached hydrogen (secondary N) is 1. The number of ether oxygens (including phenoxy) is 1. The number of methoxy groups -OCH3 is 1. The lowest BCUT2D eigenvalue weighted by Gasteiger charge is -2.11. The van der Waals surface area contributed by atoms with Gasteiger partial charge < -0.3 is 10.1 Å². The van der Waals surface area contributed by atoms with Crippen LogP contribution < -0.4 is 10.1 Å². The number of hydrogen-bond donors (Lipinski definition) is 1. The first-order chi connectivity index (χ1) is 12.2. The highest BCUT2D eigenvalue weighted by Crippen LogP contribution is 2.30. The number of anilines is 1. The minimum Gasteiger partial charge on any atom is -0.495 e. The lowest BCUT2D eigenvalue weighted by Crippen LogP contribution is -2.11. The Bertz CT molecular complexity index is 1010. The summed E-state index contributed by atoms with van der Waals surface area (Å²) in [6.07, 6.45) is 5.49. The summed E-state index contributed by atoms with van der Waals surface area (Å²) < 4.78 is 7.21. The summed E-state index contributed by atoms with van der Waals surface area (Å²) in [4.78, 5) is 21.1. The Kier molecular flexibility index (Phi) is 3.91. The van der Waals surface area contributed by atoms with Gasteiger partial charge in [-0.1, -0.05) is 0 Å². The summed E-state index contributed by atoms with van der Waals surface area (Å²) in [6.45, 7) is 0. The van der Waals surface area contributed by atoms with Crippen molar-refractivity contribution in [1.82, 2.24) is 14.4 Å². The predicted octanol–water partition coefficient (Wildman–Crippen LogP) is 3.72. The van der Waals surface area contributed by atoms with Gasteiger partial charge in [-0.3, -0.25) is 9.20 Å². The number of nitrogens with zero attached hydrogens (tertiary/aromatic N) is 3. The van der Waals surface area contributed by atoms with Crippen molar-refractivity contribution in [3.8, 4) is 17.0 Å². The van der Waals surface area contributed by atoms with E-state index < -0.39 is 0 Å². The van der Waals surface area contributed by atoms with E-state index in [4.69, 9.17) is 4.74 Å². The Labute approximate surface area is 147 Å². The van der Waals surface area contributed by atoms with Crippen molar-refractivity contribution >= 4 is 28.7 Å². The number of imidazole rings is 1. The van der Waals surface area contributed by atoms with Gasteiger partial charge in [-0.25, -0.2) is 9.97 Å². The third-order valence-electron chi connectivity index (χ3n) is 3.76. The van der Waals surface area contributed by atoms with E-state index in [0.717, 1.165) is 11.3 Å². The highest BCUT2D eigenvalue weighted by Gasteiger charge is 2.13. The summed E-state index contributed by atoms with van der Waals surface area (Å²) in [6, 6.07) is 9.20. The Morgan fingerprint density at radius 3 is 3.00 bits per heavy atom. The Morgan fingerprint density at radius 2 is 2.24 bits per heavy atom. The van der Waals surface area contributed by atoms with Crippen molar-refractivity contribution in [1.29, 1.82) is 0 Å². The fraction of sp³-hybridized carbons (Fsp3) is 0.0556. The molecule has 1 amide bonds. The van der Waals surface area contributed by atoms with E-state index in [0.29, 0.717) is 22.8 Å². The zero-order valence-electron chi connectivity index (χ0n) is 13.3. The molecule has 4 aromatic rings. The standard InChI is InChI=1S/C18H14N4O2S/c1-24-16-4-3-12(15-10-22-7-2-6-19-18(22)21-15)9-14(16)20-17(23)13-5-8-25-11-13/h2-11H,1H3,(H,20,23). The number of hydrogen-bond acceptors (Lipinski definition) is 5. The third kappa shape index (κ3) is 2.97. The van der Waals surface area contributed by atoms with Crippen LogP contribution in [-0.2, 0) is 0 Å². The van der Waals surface area contributed by atoms with Gasteiger partial charge in [0.25, 0.3) is 5.91 Å². The van der Waals surface area contributed by atoms with Crippen LogP contribution in [-0.4, -0.2) is 27.4 Å². The first-order valence-corrected chi connectivity index (χ1v) is 8.50. The zero-order chi connectivity index (χ0) is 17.2. The number of carbonyl (C=O) groups is 1. The van der Waals surface area contributed by atoms with Gasteiger partial charge in [0.1, 0.15) is 5.75 Å². The van der Waals surface area contributed by atoms with Crippen LogP contribution in [0, 0.1) is 0 Å². The lowest BCUT2D eigenvalue weighted by molar-refractivity contribution is 0.102. The molecule has 6 nitrogen and oxygen atoms in total. The van der Waals surface area contributed by atoms with E-state index in [1.165, 1.54) is 11.3 Å². The van der Waals surface area contributed by atoms with Crippen LogP contribution >= 0.6 is 11.3 Å². The molecule has 0 atom stereocenters. The molecule has 0 fully saturated rings. The van der Waals surface area contributed by atoms with Crippen LogP contribution in [0.3, 0.4) is 0 Å². The molecule has 0 saturated heterocycles. The number of rotatable bonds is 4. The van der Waals surface area contributed by atoms with Crippen molar-refractivity contribution in [3.63, 3.8) is 0 Å². The molecule has 124 valence electrons. The van der Waals surface area contributed by atoms with Gasteiger partial charge in [-0.05, 0) is 35.7 Å². The van der Waals surface area contributed by atoms with Gasteiger partial charge in [-0.2, -0.15) is 11.3 Å². The molecule has 25 heavy (non-hydrogen) atoms. The van der Waals surface area contributed by atoms with Crippen LogP contribution in [0.5, 0.6) is 5.75 Å². The van der Waals surface area contributed by atoms with Gasteiger partial charge in [0.2, 0.25) is 5.78 Å². The lowest BCUT2D eigenvalue weighted by atomic mass is 10.1. The van der Waals surface area contributed by atoms with Crippen molar-refractivity contribution in [2.45, 2.75) is 0 Å². The number of fused-ring (bicyclic) bond motifs is 1. The molecule has 0 bridgehead atoms. The van der Waals surface area contributed by atoms with E-state index >= 15 is 0 Å². The van der Waals surface area contributed by atoms with Gasteiger partial charge in [-0.15, -0.1) is 0 Å². The number of amides is 1. The maximum atomic E-state index is 12.3. The maximum Gasteiger partial charge on any atom is 0.256 e. The highest BCUT2D eigenvalue weighted by atomic mass is 32.1. The van der Waals surface area contributed by atoms with E-state index in [2.05, 4.69) is 15.3 Å². The molecule has 3 heterocycles. The minimum atomic E-state index is -0.173. The van der Waals surface area contributed by atoms with Gasteiger partial charge in [0.05, 0.1) is 24.1 Å². The molecule has 4 rings (SSSR count). The molecule has 0 aliphatic heterocycles. The quantitative estimate of drug-likeness (QED) is 0.609. The Hall–Kier alpha value is -3.19. The van der Waals surface area contributed by atoms with Crippen molar-refractivity contribution in [3.05, 3.63) is 65.2 Å². The summed E-state index contributed by atoms with van der Waals surface area (Å²) >= 11 is 1.48. The summed E-state index contributed by atoms with van der Waals surface area (Å²) in [5, 5.41) is 6.57. The SMILES string of the molecule is COc1ccc(-c2cn3cccnc3n2)cc1NC(=O)c1ccsc1. The topological polar surface area (TPSA) is 68.5 Å². The molecule has 0 aliphatic rings. The molecule has 0 spiro atoms. The first kappa shape index (κ1) is 15.3. The number of carbonyl (C=O) groups excluding carboxylic acids is 1. The van der Waals surface area contributed by atoms with Gasteiger partial charge in [0.15, 0.2) is 0 Å². The van der Waals surface area contributed by atoms with Crippen LogP contribution in [0.4, 0.5) is 5.69 Å². The largest absolute Gasteiger partial charge is 0.495 e. The Morgan fingerprint density at radius 1 is 1.32 bits per heavy atom. The minimum absolute atomic E-state index is 0.173. The zero-order valence-corrected chi connectivity index (χ0v) is 14.2. The average molecular weight is 350 g/mol. The monoisotopic (exact) mass is 350 g/mol. The Balaban J connectivity index is 1.71. The number of thiophene rings is 1. The van der Waals surface area contributed by atoms with Crippen molar-refractivity contribution in [2.75, 3.05) is 12.4 Å². The van der Waals surface area contributed by atoms with E-state index in [1.54, 1.807) is 24.8 Å². The summed E-state index contributed by atoms with van der Waals surface area (Å²) in [7, 11) is 1.57. The smallest absolute Gasteiger partial charge is 0.256 e. The van der Waals surface area contributed by atoms with Crippen LogP contribution in [0.1, 0.15) is 10.4 Å². The molecule has 7 heteroatoms.